The first-order valence-electron chi connectivity index (χ1n) is 8.63. The minimum Gasteiger partial charge on any atom is -0.496 e. The van der Waals surface area contributed by atoms with E-state index in [9.17, 15) is 13.2 Å². The van der Waals surface area contributed by atoms with E-state index in [2.05, 4.69) is 10.3 Å². The van der Waals surface area contributed by atoms with Crippen LogP contribution >= 0.6 is 0 Å². The Bertz CT molecular complexity index is 841. The van der Waals surface area contributed by atoms with E-state index in [1.165, 1.54) is 4.31 Å². The number of rotatable bonds is 10. The molecule has 0 aliphatic heterocycles. The number of methoxy groups -OCH3 is 1. The number of benzene rings is 1. The molecular formula is C19H25N3O4S. The van der Waals surface area contributed by atoms with Gasteiger partial charge in [-0.25, -0.2) is 12.7 Å². The van der Waals surface area contributed by atoms with Crippen LogP contribution < -0.4 is 10.1 Å². The fourth-order valence-electron chi connectivity index (χ4n) is 2.61. The van der Waals surface area contributed by atoms with E-state index in [0.717, 1.165) is 23.1 Å². The summed E-state index contributed by atoms with van der Waals surface area (Å²) in [6.45, 7) is 0.814. The summed E-state index contributed by atoms with van der Waals surface area (Å²) in [5.74, 6) is 0.527. The highest BCUT2D eigenvalue weighted by atomic mass is 32.2. The summed E-state index contributed by atoms with van der Waals surface area (Å²) in [7, 11) is -1.83. The number of para-hydroxylation sites is 1. The van der Waals surface area contributed by atoms with Crippen LogP contribution in [0, 0.1) is 0 Å². The fraction of sp³-hybridized carbons (Fsp3) is 0.368. The van der Waals surface area contributed by atoms with Crippen LogP contribution in [0.5, 0.6) is 5.75 Å². The molecule has 0 bridgehead atoms. The zero-order chi connectivity index (χ0) is 19.7. The number of sulfonamides is 1. The molecule has 1 heterocycles. The summed E-state index contributed by atoms with van der Waals surface area (Å²) in [4.78, 5) is 16.0. The van der Waals surface area contributed by atoms with Crippen LogP contribution in [0.4, 0.5) is 0 Å². The van der Waals surface area contributed by atoms with Crippen molar-refractivity contribution in [2.24, 2.45) is 0 Å². The Morgan fingerprint density at radius 1 is 1.15 bits per heavy atom. The van der Waals surface area contributed by atoms with E-state index >= 15 is 0 Å². The molecule has 0 aliphatic carbocycles. The Labute approximate surface area is 160 Å². The third-order valence-corrected chi connectivity index (χ3v) is 5.42. The lowest BCUT2D eigenvalue weighted by atomic mass is 10.1. The zero-order valence-corrected chi connectivity index (χ0v) is 16.4. The molecule has 2 aromatic rings. The van der Waals surface area contributed by atoms with E-state index in [-0.39, 0.29) is 25.4 Å². The first-order valence-corrected chi connectivity index (χ1v) is 10.5. The summed E-state index contributed by atoms with van der Waals surface area (Å²) in [5.41, 5.74) is 1.87. The molecule has 8 heteroatoms. The molecule has 7 nitrogen and oxygen atoms in total. The lowest BCUT2D eigenvalue weighted by Gasteiger charge is -2.20. The second-order valence-electron chi connectivity index (χ2n) is 6.11. The van der Waals surface area contributed by atoms with E-state index < -0.39 is 10.0 Å². The highest BCUT2D eigenvalue weighted by molar-refractivity contribution is 7.88. The van der Waals surface area contributed by atoms with Crippen LogP contribution in [-0.4, -0.2) is 50.1 Å². The molecule has 0 saturated carbocycles. The van der Waals surface area contributed by atoms with Crippen molar-refractivity contribution in [2.45, 2.75) is 19.4 Å². The van der Waals surface area contributed by atoms with Crippen LogP contribution in [0.3, 0.4) is 0 Å². The smallest absolute Gasteiger partial charge is 0.221 e. The number of aromatic nitrogens is 1. The van der Waals surface area contributed by atoms with Gasteiger partial charge >= 0.3 is 0 Å². The average Bonchev–Trinajstić information content (AvgIpc) is 2.66. The van der Waals surface area contributed by atoms with Crippen molar-refractivity contribution in [3.63, 3.8) is 0 Å². The van der Waals surface area contributed by atoms with Gasteiger partial charge in [0.25, 0.3) is 0 Å². The topological polar surface area (TPSA) is 88.6 Å². The number of nitrogens with one attached hydrogen (secondary N) is 1. The van der Waals surface area contributed by atoms with Gasteiger partial charge in [0.2, 0.25) is 15.9 Å². The molecule has 1 N–H and O–H groups in total. The van der Waals surface area contributed by atoms with Gasteiger partial charge in [-0.2, -0.15) is 0 Å². The number of carbonyl (C=O) groups excluding carboxylic acids is 1. The van der Waals surface area contributed by atoms with Crippen LogP contribution in [0.15, 0.2) is 48.8 Å². The molecule has 146 valence electrons. The molecule has 0 fully saturated rings. The lowest BCUT2D eigenvalue weighted by Crippen LogP contribution is -2.36. The molecule has 0 unspecified atom stereocenters. The van der Waals surface area contributed by atoms with Gasteiger partial charge in [-0.1, -0.05) is 18.2 Å². The molecule has 0 atom stereocenters. The van der Waals surface area contributed by atoms with Crippen molar-refractivity contribution < 1.29 is 17.9 Å². The summed E-state index contributed by atoms with van der Waals surface area (Å²) in [6.07, 6.45) is 5.08. The Morgan fingerprint density at radius 2 is 1.85 bits per heavy atom. The van der Waals surface area contributed by atoms with Gasteiger partial charge < -0.3 is 10.1 Å². The van der Waals surface area contributed by atoms with Crippen LogP contribution in [0.2, 0.25) is 0 Å². The van der Waals surface area contributed by atoms with Crippen LogP contribution in [0.1, 0.15) is 17.5 Å². The number of ether oxygens (including phenoxy) is 1. The van der Waals surface area contributed by atoms with Crippen molar-refractivity contribution in [3.8, 4) is 5.75 Å². The standard InChI is InChI=1S/C19H25N3O4S/c1-26-18-6-4-3-5-17(18)9-13-22(27(2,24)25)14-10-19(23)21-15-16-7-11-20-12-8-16/h3-8,11-12H,9-10,13-15H2,1-2H3,(H,21,23). The Hall–Kier alpha value is -2.45. The van der Waals surface area contributed by atoms with Gasteiger partial charge in [0.1, 0.15) is 5.75 Å². The summed E-state index contributed by atoms with van der Waals surface area (Å²) in [6, 6.07) is 11.1. The number of carbonyl (C=O) groups is 1. The van der Waals surface area contributed by atoms with Gasteiger partial charge in [0.05, 0.1) is 13.4 Å². The van der Waals surface area contributed by atoms with Gasteiger partial charge in [-0.3, -0.25) is 9.78 Å². The van der Waals surface area contributed by atoms with Crippen molar-refractivity contribution in [3.05, 3.63) is 59.9 Å². The average molecular weight is 391 g/mol. The molecule has 0 aliphatic rings. The normalized spacial score (nSPS) is 11.4. The molecule has 27 heavy (non-hydrogen) atoms. The molecule has 2 rings (SSSR count). The second-order valence-corrected chi connectivity index (χ2v) is 8.09. The van der Waals surface area contributed by atoms with Gasteiger partial charge in [-0.15, -0.1) is 0 Å². The molecular weight excluding hydrogens is 366 g/mol. The Balaban J connectivity index is 1.88. The SMILES string of the molecule is COc1ccccc1CCN(CCC(=O)NCc1ccncc1)S(C)(=O)=O. The van der Waals surface area contributed by atoms with E-state index in [1.807, 2.05) is 36.4 Å². The maximum absolute atomic E-state index is 12.1. The van der Waals surface area contributed by atoms with Crippen molar-refractivity contribution in [1.29, 1.82) is 0 Å². The molecule has 0 radical (unpaired) electrons. The molecule has 1 aromatic carbocycles. The number of hydrogen-bond donors (Lipinski definition) is 1. The Morgan fingerprint density at radius 3 is 2.52 bits per heavy atom. The number of pyridine rings is 1. The van der Waals surface area contributed by atoms with Crippen molar-refractivity contribution in [2.75, 3.05) is 26.5 Å². The van der Waals surface area contributed by atoms with Gasteiger partial charge in [0, 0.05) is 38.4 Å². The summed E-state index contributed by atoms with van der Waals surface area (Å²) in [5, 5.41) is 2.79. The van der Waals surface area contributed by atoms with E-state index in [4.69, 9.17) is 4.74 Å². The van der Waals surface area contributed by atoms with Gasteiger partial charge in [0.15, 0.2) is 0 Å². The van der Waals surface area contributed by atoms with Crippen LogP contribution in [0.25, 0.3) is 0 Å². The van der Waals surface area contributed by atoms with Crippen molar-refractivity contribution >= 4 is 15.9 Å². The fourth-order valence-corrected chi connectivity index (χ4v) is 3.46. The van der Waals surface area contributed by atoms with E-state index in [1.54, 1.807) is 19.5 Å². The first kappa shape index (κ1) is 20.9. The number of amides is 1. The monoisotopic (exact) mass is 391 g/mol. The first-order chi connectivity index (χ1) is 12.9. The zero-order valence-electron chi connectivity index (χ0n) is 15.6. The van der Waals surface area contributed by atoms with Crippen LogP contribution in [-0.2, 0) is 27.8 Å². The third-order valence-electron chi connectivity index (χ3n) is 4.12. The maximum Gasteiger partial charge on any atom is 0.221 e. The highest BCUT2D eigenvalue weighted by Crippen LogP contribution is 2.18. The molecule has 0 spiro atoms. The lowest BCUT2D eigenvalue weighted by molar-refractivity contribution is -0.121. The largest absolute Gasteiger partial charge is 0.496 e. The molecule has 1 amide bonds. The molecule has 0 saturated heterocycles. The maximum atomic E-state index is 12.1. The third kappa shape index (κ3) is 6.99. The highest BCUT2D eigenvalue weighted by Gasteiger charge is 2.18. The predicted octanol–water partition coefficient (Wildman–Crippen LogP) is 1.60. The quantitative estimate of drug-likeness (QED) is 0.665. The minimum atomic E-state index is -3.41. The summed E-state index contributed by atoms with van der Waals surface area (Å²) >= 11 is 0. The Kier molecular flexibility index (Phi) is 7.75. The number of hydrogen-bond acceptors (Lipinski definition) is 5. The van der Waals surface area contributed by atoms with Crippen molar-refractivity contribution in [1.82, 2.24) is 14.6 Å². The molecule has 1 aromatic heterocycles. The van der Waals surface area contributed by atoms with E-state index in [0.29, 0.717) is 13.0 Å². The minimum absolute atomic E-state index is 0.101. The van der Waals surface area contributed by atoms with Gasteiger partial charge in [-0.05, 0) is 35.7 Å². The number of nitrogens with zero attached hydrogens (tertiary/aromatic N) is 2. The second kappa shape index (κ2) is 10.0. The predicted molar refractivity (Wildman–Crippen MR) is 104 cm³/mol. The summed E-state index contributed by atoms with van der Waals surface area (Å²) < 4.78 is 30.7.